The molecule has 1 atom stereocenters. The van der Waals surface area contributed by atoms with Crippen LogP contribution in [0.5, 0.6) is 0 Å². The van der Waals surface area contributed by atoms with Gasteiger partial charge in [-0.25, -0.2) is 23.5 Å². The maximum atomic E-state index is 12.7. The Bertz CT molecular complexity index is 954. The van der Waals surface area contributed by atoms with Gasteiger partial charge in [0.05, 0.1) is 11.2 Å². The van der Waals surface area contributed by atoms with Crippen molar-refractivity contribution >= 4 is 15.9 Å². The lowest BCUT2D eigenvalue weighted by Gasteiger charge is -2.31. The number of amides is 1. The zero-order chi connectivity index (χ0) is 20.3. The summed E-state index contributed by atoms with van der Waals surface area (Å²) < 4.78 is 29.9. The topological polar surface area (TPSA) is 108 Å². The molecule has 4 rings (SSSR count). The first-order valence-electron chi connectivity index (χ1n) is 9.87. The first-order valence-corrected chi connectivity index (χ1v) is 11.4. The molecule has 1 amide bonds. The zero-order valence-corrected chi connectivity index (χ0v) is 17.0. The molecule has 29 heavy (non-hydrogen) atoms. The quantitative estimate of drug-likeness (QED) is 0.547. The summed E-state index contributed by atoms with van der Waals surface area (Å²) in [5, 5.41) is 0. The lowest BCUT2D eigenvalue weighted by atomic mass is 9.99. The highest BCUT2D eigenvalue weighted by Crippen LogP contribution is 2.23. The molecule has 3 heterocycles. The minimum atomic E-state index is -3.59. The summed E-state index contributed by atoms with van der Waals surface area (Å²) in [5.74, 6) is 0.0616. The Kier molecular flexibility index (Phi) is 5.95. The van der Waals surface area contributed by atoms with Gasteiger partial charge < -0.3 is 9.47 Å². The molecule has 2 aliphatic rings. The number of hydrogen-bond donors (Lipinski definition) is 3. The summed E-state index contributed by atoms with van der Waals surface area (Å²) in [6.07, 6.45) is 7.43. The van der Waals surface area contributed by atoms with Crippen LogP contribution in [0, 0.1) is 0 Å². The Morgan fingerprint density at radius 3 is 2.97 bits per heavy atom. The van der Waals surface area contributed by atoms with Crippen LogP contribution in [0.1, 0.15) is 24.0 Å². The number of carbonyl (C=O) groups excluding carboxylic acids is 1. The second kappa shape index (κ2) is 8.62. The van der Waals surface area contributed by atoms with E-state index in [1.807, 2.05) is 21.7 Å². The molecule has 1 aromatic heterocycles. The fraction of sp³-hybridized carbons (Fsp3) is 0.474. The van der Waals surface area contributed by atoms with Gasteiger partial charge in [-0.1, -0.05) is 6.07 Å². The number of imidazole rings is 1. The van der Waals surface area contributed by atoms with Gasteiger partial charge in [-0.15, -0.1) is 0 Å². The average molecular weight is 419 g/mol. The van der Waals surface area contributed by atoms with Gasteiger partial charge in [0.15, 0.2) is 0 Å². The fourth-order valence-corrected chi connectivity index (χ4v) is 4.87. The number of nitrogens with zero attached hydrogens (tertiary/aromatic N) is 3. The Morgan fingerprint density at radius 1 is 1.31 bits per heavy atom. The van der Waals surface area contributed by atoms with Crippen molar-refractivity contribution in [2.75, 3.05) is 19.6 Å². The van der Waals surface area contributed by atoms with Crippen molar-refractivity contribution in [2.24, 2.45) is 0 Å². The molecule has 0 bridgehead atoms. The number of aromatic nitrogens is 2. The lowest BCUT2D eigenvalue weighted by molar-refractivity contribution is -0.134. The molecule has 1 saturated heterocycles. The number of fused-ring (bicyclic) bond motifs is 1. The van der Waals surface area contributed by atoms with Crippen LogP contribution in [0.15, 0.2) is 41.8 Å². The maximum absolute atomic E-state index is 12.7. The number of sulfonamides is 1. The van der Waals surface area contributed by atoms with Gasteiger partial charge in [0.1, 0.15) is 6.04 Å². The van der Waals surface area contributed by atoms with Crippen molar-refractivity contribution in [3.05, 3.63) is 48.0 Å². The summed E-state index contributed by atoms with van der Waals surface area (Å²) in [6.45, 7) is 2.92. The smallest absolute Gasteiger partial charge is 0.241 e. The molecule has 10 heteroatoms. The highest BCUT2D eigenvalue weighted by Gasteiger charge is 2.29. The van der Waals surface area contributed by atoms with E-state index >= 15 is 0 Å². The summed E-state index contributed by atoms with van der Waals surface area (Å²) in [6, 6.07) is 5.01. The molecule has 156 valence electrons. The summed E-state index contributed by atoms with van der Waals surface area (Å²) >= 11 is 0. The highest BCUT2D eigenvalue weighted by atomic mass is 32.2. The molecule has 1 unspecified atom stereocenters. The highest BCUT2D eigenvalue weighted by molar-refractivity contribution is 7.89. The van der Waals surface area contributed by atoms with E-state index in [1.54, 1.807) is 24.7 Å². The molecular formula is C19H26N6O3S. The van der Waals surface area contributed by atoms with Crippen LogP contribution in [0.25, 0.3) is 0 Å². The molecule has 9 nitrogen and oxygen atoms in total. The average Bonchev–Trinajstić information content (AvgIpc) is 3.44. The van der Waals surface area contributed by atoms with Gasteiger partial charge in [-0.2, -0.15) is 0 Å². The largest absolute Gasteiger partial charge is 0.337 e. The van der Waals surface area contributed by atoms with Gasteiger partial charge >= 0.3 is 0 Å². The fourth-order valence-electron chi connectivity index (χ4n) is 3.75. The number of hydrogen-bond acceptors (Lipinski definition) is 6. The van der Waals surface area contributed by atoms with Crippen molar-refractivity contribution in [2.45, 2.75) is 43.3 Å². The van der Waals surface area contributed by atoms with E-state index in [0.29, 0.717) is 32.6 Å². The van der Waals surface area contributed by atoms with Gasteiger partial charge in [0.2, 0.25) is 15.9 Å². The van der Waals surface area contributed by atoms with E-state index in [2.05, 4.69) is 20.6 Å². The van der Waals surface area contributed by atoms with Crippen LogP contribution < -0.4 is 15.6 Å². The summed E-state index contributed by atoms with van der Waals surface area (Å²) in [7, 11) is -3.59. The first kappa shape index (κ1) is 20.0. The minimum absolute atomic E-state index is 0.0616. The van der Waals surface area contributed by atoms with Gasteiger partial charge in [0.25, 0.3) is 0 Å². The third-order valence-corrected chi connectivity index (χ3v) is 6.85. The molecule has 1 fully saturated rings. The van der Waals surface area contributed by atoms with Crippen molar-refractivity contribution in [1.29, 1.82) is 0 Å². The summed E-state index contributed by atoms with van der Waals surface area (Å²) in [5.41, 5.74) is 7.99. The lowest BCUT2D eigenvalue weighted by Crippen LogP contribution is -2.47. The molecule has 0 spiro atoms. The zero-order valence-electron chi connectivity index (χ0n) is 16.2. The van der Waals surface area contributed by atoms with Crippen LogP contribution >= 0.6 is 0 Å². The van der Waals surface area contributed by atoms with Crippen molar-refractivity contribution in [3.63, 3.8) is 0 Å². The predicted octanol–water partition coefficient (Wildman–Crippen LogP) is 0.00290. The van der Waals surface area contributed by atoms with Gasteiger partial charge in [-0.3, -0.25) is 10.2 Å². The van der Waals surface area contributed by atoms with Gasteiger partial charge in [0, 0.05) is 45.1 Å². The van der Waals surface area contributed by atoms with E-state index in [9.17, 15) is 13.2 Å². The van der Waals surface area contributed by atoms with E-state index in [4.69, 9.17) is 0 Å². The van der Waals surface area contributed by atoms with Crippen LogP contribution in [0.4, 0.5) is 0 Å². The van der Waals surface area contributed by atoms with E-state index in [0.717, 1.165) is 30.5 Å². The third-order valence-electron chi connectivity index (χ3n) is 5.39. The second-order valence-electron chi connectivity index (χ2n) is 7.40. The molecular weight excluding hydrogens is 392 g/mol. The molecule has 2 aliphatic heterocycles. The van der Waals surface area contributed by atoms with E-state index < -0.39 is 10.0 Å². The Morgan fingerprint density at radius 2 is 2.21 bits per heavy atom. The standard InChI is InChI=1S/C19H26N6O3S/c26-19(18-4-7-21-23-18)25-10-5-15-2-3-17(12-16(15)13-25)29(27,28)22-6-1-9-24-11-8-20-14-24/h2-3,8,11-12,14,18,21-23H,1,4-7,9-10,13H2. The number of rotatable bonds is 7. The van der Waals surface area contributed by atoms with Crippen LogP contribution in [0.2, 0.25) is 0 Å². The normalized spacial score (nSPS) is 19.3. The molecule has 2 aromatic rings. The van der Waals surface area contributed by atoms with Crippen LogP contribution in [-0.4, -0.2) is 54.5 Å². The number of hydrazine groups is 1. The van der Waals surface area contributed by atoms with E-state index in [1.165, 1.54) is 0 Å². The first-order chi connectivity index (χ1) is 14.0. The molecule has 0 aliphatic carbocycles. The second-order valence-corrected chi connectivity index (χ2v) is 9.17. The molecule has 1 aromatic carbocycles. The minimum Gasteiger partial charge on any atom is -0.337 e. The Balaban J connectivity index is 1.39. The molecule has 0 saturated carbocycles. The SMILES string of the molecule is O=C(C1CCNN1)N1CCc2ccc(S(=O)(=O)NCCCn3ccnc3)cc2C1. The van der Waals surface area contributed by atoms with Crippen LogP contribution in [-0.2, 0) is 34.3 Å². The number of benzene rings is 1. The predicted molar refractivity (Wildman–Crippen MR) is 107 cm³/mol. The Labute approximate surface area is 170 Å². The number of carbonyl (C=O) groups is 1. The van der Waals surface area contributed by atoms with Crippen LogP contribution in [0.3, 0.4) is 0 Å². The molecule has 3 N–H and O–H groups in total. The summed E-state index contributed by atoms with van der Waals surface area (Å²) in [4.78, 5) is 18.7. The Hall–Kier alpha value is -2.27. The van der Waals surface area contributed by atoms with Crippen molar-refractivity contribution < 1.29 is 13.2 Å². The molecule has 0 radical (unpaired) electrons. The maximum Gasteiger partial charge on any atom is 0.241 e. The number of aryl methyl sites for hydroxylation is 1. The van der Waals surface area contributed by atoms with Gasteiger partial charge in [-0.05, 0) is 42.5 Å². The monoisotopic (exact) mass is 418 g/mol. The third kappa shape index (κ3) is 4.67. The van der Waals surface area contributed by atoms with Crippen molar-refractivity contribution in [3.8, 4) is 0 Å². The number of nitrogens with one attached hydrogen (secondary N) is 3. The van der Waals surface area contributed by atoms with Crippen molar-refractivity contribution in [1.82, 2.24) is 30.0 Å². The van der Waals surface area contributed by atoms with E-state index in [-0.39, 0.29) is 16.8 Å².